The van der Waals surface area contributed by atoms with Crippen molar-refractivity contribution in [1.82, 2.24) is 0 Å². The van der Waals surface area contributed by atoms with Crippen molar-refractivity contribution < 1.29 is 29.7 Å². The maximum absolute atomic E-state index is 10.2. The zero-order valence-electron chi connectivity index (χ0n) is 18.0. The van der Waals surface area contributed by atoms with Gasteiger partial charge in [-0.05, 0) is 16.2 Å². The second-order valence-electron chi connectivity index (χ2n) is 9.26. The van der Waals surface area contributed by atoms with Crippen molar-refractivity contribution in [2.24, 2.45) is 16.2 Å². The SMILES string of the molecule is CC(C)(C)C(S)C(=O)[O-].CC(C)(C)C(S)C(=O)[O-].CC(C)(C)C(S)C(=O)[O-].[Sb+3]. The second-order valence-corrected chi connectivity index (χ2v) is 10.8. The van der Waals surface area contributed by atoms with E-state index in [1.807, 2.05) is 0 Å². The van der Waals surface area contributed by atoms with E-state index in [1.165, 1.54) is 0 Å². The molecule has 0 spiro atoms. The molecule has 0 aliphatic heterocycles. The van der Waals surface area contributed by atoms with E-state index in [0.29, 0.717) is 0 Å². The Bertz CT molecular complexity index is 422. The minimum Gasteiger partial charge on any atom is -0.549 e. The molecule has 0 saturated heterocycles. The molecule has 0 amide bonds. The van der Waals surface area contributed by atoms with Crippen molar-refractivity contribution in [3.05, 3.63) is 0 Å². The molecule has 0 aromatic carbocycles. The minimum atomic E-state index is -1.11. The van der Waals surface area contributed by atoms with Crippen molar-refractivity contribution in [3.63, 3.8) is 0 Å². The van der Waals surface area contributed by atoms with Crippen LogP contribution >= 0.6 is 37.9 Å². The molecular weight excluding hydrogens is 530 g/mol. The first kappa shape index (κ1) is 35.7. The average Bonchev–Trinajstić information content (AvgIpc) is 2.42. The summed E-state index contributed by atoms with van der Waals surface area (Å²) in [7, 11) is 0. The summed E-state index contributed by atoms with van der Waals surface area (Å²) in [5, 5.41) is 28.4. The van der Waals surface area contributed by atoms with Crippen molar-refractivity contribution >= 4 is 80.2 Å². The molecule has 3 atom stereocenters. The van der Waals surface area contributed by atoms with Crippen molar-refractivity contribution in [1.29, 1.82) is 0 Å². The van der Waals surface area contributed by atoms with Crippen LogP contribution in [0.4, 0.5) is 0 Å². The first-order chi connectivity index (χ1) is 11.6. The van der Waals surface area contributed by atoms with E-state index in [4.69, 9.17) is 0 Å². The normalized spacial score (nSPS) is 14.6. The van der Waals surface area contributed by atoms with E-state index in [-0.39, 0.29) is 40.7 Å². The first-order valence-corrected chi connectivity index (χ1v) is 9.78. The molecule has 3 unspecified atom stereocenters. The van der Waals surface area contributed by atoms with Crippen molar-refractivity contribution in [2.75, 3.05) is 0 Å². The van der Waals surface area contributed by atoms with Crippen LogP contribution in [0.1, 0.15) is 62.3 Å². The molecular formula is C18H33O6S3Sb. The Labute approximate surface area is 203 Å². The van der Waals surface area contributed by atoms with E-state index < -0.39 is 33.7 Å². The number of carbonyl (C=O) groups excluding carboxylic acids is 3. The fourth-order valence-corrected chi connectivity index (χ4v) is 1.06. The number of carbonyl (C=O) groups is 3. The zero-order chi connectivity index (χ0) is 23.0. The van der Waals surface area contributed by atoms with Gasteiger partial charge in [-0.25, -0.2) is 0 Å². The number of hydrogen-bond donors (Lipinski definition) is 3. The summed E-state index contributed by atoms with van der Waals surface area (Å²) in [6, 6.07) is 0. The summed E-state index contributed by atoms with van der Waals surface area (Å²) in [5.41, 5.74) is -0.953. The Kier molecular flexibility index (Phi) is 18.2. The molecule has 0 aliphatic rings. The molecule has 2 radical (unpaired) electrons. The van der Waals surface area contributed by atoms with Crippen LogP contribution in [0, 0.1) is 16.2 Å². The van der Waals surface area contributed by atoms with Gasteiger partial charge in [0.15, 0.2) is 0 Å². The van der Waals surface area contributed by atoms with Gasteiger partial charge in [0.1, 0.15) is 0 Å². The quantitative estimate of drug-likeness (QED) is 0.325. The van der Waals surface area contributed by atoms with Crippen LogP contribution in [0.5, 0.6) is 0 Å². The Morgan fingerprint density at radius 1 is 0.536 bits per heavy atom. The van der Waals surface area contributed by atoms with Crippen molar-refractivity contribution in [2.45, 2.75) is 78.1 Å². The van der Waals surface area contributed by atoms with Gasteiger partial charge in [0, 0.05) is 15.7 Å². The molecule has 0 heterocycles. The first-order valence-electron chi connectivity index (χ1n) is 8.23. The van der Waals surface area contributed by atoms with E-state index in [2.05, 4.69) is 37.9 Å². The van der Waals surface area contributed by atoms with Crippen LogP contribution in [0.15, 0.2) is 0 Å². The molecule has 10 heteroatoms. The number of rotatable bonds is 3. The van der Waals surface area contributed by atoms with Crippen LogP contribution in [-0.2, 0) is 14.4 Å². The van der Waals surface area contributed by atoms with E-state index in [1.54, 1.807) is 62.3 Å². The van der Waals surface area contributed by atoms with Gasteiger partial charge in [0.2, 0.25) is 0 Å². The van der Waals surface area contributed by atoms with E-state index in [0.717, 1.165) is 0 Å². The van der Waals surface area contributed by atoms with Gasteiger partial charge in [-0.1, -0.05) is 62.3 Å². The molecule has 6 nitrogen and oxygen atoms in total. The maximum atomic E-state index is 10.2. The number of carboxylic acid groups (broad SMARTS) is 3. The maximum Gasteiger partial charge on any atom is 3.00 e. The zero-order valence-corrected chi connectivity index (χ0v) is 23.2. The molecule has 0 fully saturated rings. The van der Waals surface area contributed by atoms with Gasteiger partial charge >= 0.3 is 24.4 Å². The van der Waals surface area contributed by atoms with Crippen LogP contribution in [0.25, 0.3) is 0 Å². The smallest absolute Gasteiger partial charge is 0.549 e. The van der Waals surface area contributed by atoms with Gasteiger partial charge in [-0.2, -0.15) is 37.9 Å². The fraction of sp³-hybridized carbons (Fsp3) is 0.833. The van der Waals surface area contributed by atoms with Crippen molar-refractivity contribution in [3.8, 4) is 0 Å². The summed E-state index contributed by atoms with van der Waals surface area (Å²) >= 11 is 11.5. The third-order valence-corrected chi connectivity index (χ3v) is 6.09. The Balaban J connectivity index is -0.000000152. The second kappa shape index (κ2) is 14.3. The number of thiol groups is 3. The topological polar surface area (TPSA) is 120 Å². The molecule has 28 heavy (non-hydrogen) atoms. The Morgan fingerprint density at radius 3 is 0.643 bits per heavy atom. The van der Waals surface area contributed by atoms with Gasteiger partial charge < -0.3 is 29.7 Å². The Hall–Kier alpha value is 0.278. The summed E-state index contributed by atoms with van der Waals surface area (Å²) in [6.45, 7) is 16.3. The van der Waals surface area contributed by atoms with Gasteiger partial charge in [0.05, 0.1) is 17.9 Å². The predicted octanol–water partition coefficient (Wildman–Crippen LogP) is -0.138. The summed E-state index contributed by atoms with van der Waals surface area (Å²) in [4.78, 5) is 30.5. The predicted molar refractivity (Wildman–Crippen MR) is 117 cm³/mol. The summed E-state index contributed by atoms with van der Waals surface area (Å²) in [6.07, 6.45) is 0. The van der Waals surface area contributed by atoms with Gasteiger partial charge in [0.25, 0.3) is 0 Å². The molecule has 0 aliphatic carbocycles. The molecule has 0 aromatic heterocycles. The van der Waals surface area contributed by atoms with Gasteiger partial charge in [-0.3, -0.25) is 0 Å². The van der Waals surface area contributed by atoms with Crippen LogP contribution in [0.2, 0.25) is 0 Å². The van der Waals surface area contributed by atoms with Crippen LogP contribution in [0.3, 0.4) is 0 Å². The molecule has 164 valence electrons. The molecule has 0 aromatic rings. The number of aliphatic carboxylic acids is 3. The average molecular weight is 563 g/mol. The molecule has 0 saturated carbocycles. The fourth-order valence-electron chi connectivity index (χ4n) is 1.06. The summed E-state index contributed by atoms with van der Waals surface area (Å²) in [5.74, 6) is -3.32. The Morgan fingerprint density at radius 2 is 0.643 bits per heavy atom. The molecule has 0 rings (SSSR count). The third kappa shape index (κ3) is 18.3. The van der Waals surface area contributed by atoms with E-state index >= 15 is 0 Å². The van der Waals surface area contributed by atoms with Crippen LogP contribution in [-0.4, -0.2) is 58.1 Å². The monoisotopic (exact) mass is 562 g/mol. The molecule has 0 bridgehead atoms. The summed E-state index contributed by atoms with van der Waals surface area (Å²) < 4.78 is 0. The minimum absolute atomic E-state index is 0. The standard InChI is InChI=1S/3C6H12O2S.Sb/c3*1-6(2,3)4(9)5(7)8;/h3*4,9H,1-3H3,(H,7,8);/q;;;+3/p-3. The van der Waals surface area contributed by atoms with Crippen LogP contribution < -0.4 is 15.3 Å². The van der Waals surface area contributed by atoms with E-state index in [9.17, 15) is 29.7 Å². The third-order valence-electron chi connectivity index (χ3n) is 3.13. The largest absolute Gasteiger partial charge is 3.00 e. The molecule has 0 N–H and O–H groups in total. The number of hydrogen-bond acceptors (Lipinski definition) is 9. The number of carboxylic acids is 3. The van der Waals surface area contributed by atoms with Gasteiger partial charge in [-0.15, -0.1) is 0 Å².